The highest BCUT2D eigenvalue weighted by atomic mass is 79.9. The smallest absolute Gasteiger partial charge is 0.305 e. The second kappa shape index (κ2) is 6.70. The van der Waals surface area contributed by atoms with Crippen molar-refractivity contribution in [2.75, 3.05) is 14.2 Å². The van der Waals surface area contributed by atoms with Gasteiger partial charge in [-0.25, -0.2) is 4.39 Å². The number of carbonyl (C=O) groups is 1. The highest BCUT2D eigenvalue weighted by Gasteiger charge is 2.16. The minimum Gasteiger partial charge on any atom is -0.496 e. The van der Waals surface area contributed by atoms with Crippen molar-refractivity contribution >= 4 is 21.9 Å². The third-order valence-electron chi connectivity index (χ3n) is 2.56. The molecule has 0 aliphatic carbocycles. The molecule has 0 aliphatic heterocycles. The van der Waals surface area contributed by atoms with Gasteiger partial charge in [0, 0.05) is 24.1 Å². The predicted molar refractivity (Wildman–Crippen MR) is 68.8 cm³/mol. The molecule has 4 nitrogen and oxygen atoms in total. The van der Waals surface area contributed by atoms with E-state index in [1.165, 1.54) is 20.3 Å². The summed E-state index contributed by atoms with van der Waals surface area (Å²) in [5.74, 6) is -0.380. The maximum Gasteiger partial charge on any atom is 0.305 e. The van der Waals surface area contributed by atoms with E-state index in [1.807, 2.05) is 0 Å². The summed E-state index contributed by atoms with van der Waals surface area (Å²) < 4.78 is 23.3. The van der Waals surface area contributed by atoms with Gasteiger partial charge in [-0.1, -0.05) is 0 Å². The third kappa shape index (κ3) is 3.68. The van der Waals surface area contributed by atoms with Gasteiger partial charge in [0.05, 0.1) is 18.7 Å². The molecule has 0 radical (unpaired) electrons. The maximum absolute atomic E-state index is 13.3. The van der Waals surface area contributed by atoms with Gasteiger partial charge in [0.15, 0.2) is 0 Å². The van der Waals surface area contributed by atoms with Crippen LogP contribution in [0, 0.1) is 5.82 Å². The SMILES string of the molecule is COC(=O)CCC(N)c1cc(Br)c(F)cc1OC. The van der Waals surface area contributed by atoms with E-state index in [0.29, 0.717) is 22.2 Å². The highest BCUT2D eigenvalue weighted by molar-refractivity contribution is 9.10. The van der Waals surface area contributed by atoms with Crippen LogP contribution in [0.2, 0.25) is 0 Å². The zero-order valence-electron chi connectivity index (χ0n) is 10.2. The summed E-state index contributed by atoms with van der Waals surface area (Å²) in [5, 5.41) is 0. The first-order valence-electron chi connectivity index (χ1n) is 5.35. The zero-order valence-corrected chi connectivity index (χ0v) is 11.8. The summed E-state index contributed by atoms with van der Waals surface area (Å²) in [6.45, 7) is 0. The fourth-order valence-electron chi connectivity index (χ4n) is 1.54. The Morgan fingerprint density at radius 1 is 1.50 bits per heavy atom. The van der Waals surface area contributed by atoms with Crippen molar-refractivity contribution in [1.82, 2.24) is 0 Å². The van der Waals surface area contributed by atoms with Gasteiger partial charge < -0.3 is 15.2 Å². The number of esters is 1. The van der Waals surface area contributed by atoms with Crippen LogP contribution < -0.4 is 10.5 Å². The molecule has 1 aromatic rings. The number of hydrogen-bond donors (Lipinski definition) is 1. The number of halogens is 2. The van der Waals surface area contributed by atoms with Crippen molar-refractivity contribution in [2.45, 2.75) is 18.9 Å². The molecule has 0 saturated heterocycles. The van der Waals surface area contributed by atoms with Crippen molar-refractivity contribution < 1.29 is 18.7 Å². The van der Waals surface area contributed by atoms with Crippen molar-refractivity contribution in [3.63, 3.8) is 0 Å². The van der Waals surface area contributed by atoms with Gasteiger partial charge in [-0.05, 0) is 28.4 Å². The molecule has 1 atom stereocenters. The summed E-state index contributed by atoms with van der Waals surface area (Å²) in [5.41, 5.74) is 6.61. The fourth-order valence-corrected chi connectivity index (χ4v) is 1.90. The molecule has 0 spiro atoms. The van der Waals surface area contributed by atoms with Gasteiger partial charge in [-0.3, -0.25) is 4.79 Å². The van der Waals surface area contributed by atoms with Crippen LogP contribution in [0.15, 0.2) is 16.6 Å². The number of hydrogen-bond acceptors (Lipinski definition) is 4. The Balaban J connectivity index is 2.87. The van der Waals surface area contributed by atoms with E-state index in [-0.39, 0.29) is 12.4 Å². The number of methoxy groups -OCH3 is 2. The monoisotopic (exact) mass is 319 g/mol. The molecule has 0 amide bonds. The number of benzene rings is 1. The Morgan fingerprint density at radius 2 is 2.17 bits per heavy atom. The molecule has 100 valence electrons. The molecule has 1 aromatic carbocycles. The van der Waals surface area contributed by atoms with Crippen LogP contribution in [-0.2, 0) is 9.53 Å². The lowest BCUT2D eigenvalue weighted by Gasteiger charge is -2.16. The minimum absolute atomic E-state index is 0.204. The number of ether oxygens (including phenoxy) is 2. The molecule has 0 aromatic heterocycles. The van der Waals surface area contributed by atoms with Gasteiger partial charge >= 0.3 is 5.97 Å². The van der Waals surface area contributed by atoms with Crippen molar-refractivity contribution in [3.8, 4) is 5.75 Å². The predicted octanol–water partition coefficient (Wildman–Crippen LogP) is 2.55. The Kier molecular flexibility index (Phi) is 5.55. The van der Waals surface area contributed by atoms with Crippen LogP contribution in [-0.4, -0.2) is 20.2 Å². The Morgan fingerprint density at radius 3 is 2.72 bits per heavy atom. The van der Waals surface area contributed by atoms with Gasteiger partial charge in [0.2, 0.25) is 0 Å². The molecule has 0 heterocycles. The van der Waals surface area contributed by atoms with E-state index in [1.54, 1.807) is 6.07 Å². The van der Waals surface area contributed by atoms with Crippen LogP contribution >= 0.6 is 15.9 Å². The lowest BCUT2D eigenvalue weighted by Crippen LogP contribution is -2.14. The summed E-state index contributed by atoms with van der Waals surface area (Å²) in [7, 11) is 2.77. The second-order valence-electron chi connectivity index (χ2n) is 3.73. The van der Waals surface area contributed by atoms with Crippen LogP contribution in [0.4, 0.5) is 4.39 Å². The van der Waals surface area contributed by atoms with E-state index < -0.39 is 11.9 Å². The van der Waals surface area contributed by atoms with E-state index in [2.05, 4.69) is 20.7 Å². The minimum atomic E-state index is -0.421. The summed E-state index contributed by atoms with van der Waals surface area (Å²) in [6, 6.07) is 2.41. The van der Waals surface area contributed by atoms with Gasteiger partial charge in [-0.2, -0.15) is 0 Å². The van der Waals surface area contributed by atoms with Crippen LogP contribution in [0.5, 0.6) is 5.75 Å². The first kappa shape index (κ1) is 14.9. The number of carbonyl (C=O) groups excluding carboxylic acids is 1. The molecule has 1 unspecified atom stereocenters. The zero-order chi connectivity index (χ0) is 13.7. The lowest BCUT2D eigenvalue weighted by atomic mass is 10.0. The molecule has 18 heavy (non-hydrogen) atoms. The number of nitrogens with two attached hydrogens (primary N) is 1. The Hall–Kier alpha value is -1.14. The third-order valence-corrected chi connectivity index (χ3v) is 3.17. The average Bonchev–Trinajstić information content (AvgIpc) is 2.37. The molecule has 0 aliphatic rings. The second-order valence-corrected chi connectivity index (χ2v) is 4.58. The Bertz CT molecular complexity index is 440. The van der Waals surface area contributed by atoms with Crippen molar-refractivity contribution in [2.24, 2.45) is 5.73 Å². The molecule has 6 heteroatoms. The fraction of sp³-hybridized carbons (Fsp3) is 0.417. The van der Waals surface area contributed by atoms with E-state index in [4.69, 9.17) is 10.5 Å². The molecule has 0 bridgehead atoms. The molecule has 0 saturated carbocycles. The van der Waals surface area contributed by atoms with Crippen LogP contribution in [0.1, 0.15) is 24.4 Å². The standard InChI is InChI=1S/C12H15BrFNO3/c1-17-11-6-9(14)8(13)5-7(11)10(15)3-4-12(16)18-2/h5-6,10H,3-4,15H2,1-2H3. The average molecular weight is 320 g/mol. The van der Waals surface area contributed by atoms with Crippen LogP contribution in [0.3, 0.4) is 0 Å². The first-order chi connectivity index (χ1) is 8.49. The summed E-state index contributed by atoms with van der Waals surface area (Å²) >= 11 is 3.09. The quantitative estimate of drug-likeness (QED) is 0.847. The molecule has 2 N–H and O–H groups in total. The summed E-state index contributed by atoms with van der Waals surface area (Å²) in [6.07, 6.45) is 0.608. The largest absolute Gasteiger partial charge is 0.496 e. The molecular weight excluding hydrogens is 305 g/mol. The highest BCUT2D eigenvalue weighted by Crippen LogP contribution is 2.31. The normalized spacial score (nSPS) is 12.1. The van der Waals surface area contributed by atoms with E-state index in [9.17, 15) is 9.18 Å². The lowest BCUT2D eigenvalue weighted by molar-refractivity contribution is -0.140. The van der Waals surface area contributed by atoms with Gasteiger partial charge in [-0.15, -0.1) is 0 Å². The maximum atomic E-state index is 13.3. The Labute approximate surface area is 113 Å². The van der Waals surface area contributed by atoms with Crippen LogP contribution in [0.25, 0.3) is 0 Å². The van der Waals surface area contributed by atoms with E-state index >= 15 is 0 Å². The molecule has 0 fully saturated rings. The van der Waals surface area contributed by atoms with E-state index in [0.717, 1.165) is 0 Å². The van der Waals surface area contributed by atoms with Crippen molar-refractivity contribution in [1.29, 1.82) is 0 Å². The molecular formula is C12H15BrFNO3. The molecule has 1 rings (SSSR count). The van der Waals surface area contributed by atoms with Gasteiger partial charge in [0.25, 0.3) is 0 Å². The summed E-state index contributed by atoms with van der Waals surface area (Å²) in [4.78, 5) is 11.0. The van der Waals surface area contributed by atoms with Crippen molar-refractivity contribution in [3.05, 3.63) is 28.0 Å². The number of rotatable bonds is 5. The van der Waals surface area contributed by atoms with Gasteiger partial charge in [0.1, 0.15) is 11.6 Å². The first-order valence-corrected chi connectivity index (χ1v) is 6.14. The topological polar surface area (TPSA) is 61.5 Å².